The Balaban J connectivity index is 1.84. The molecule has 1 aliphatic carbocycles. The van der Waals surface area contributed by atoms with Gasteiger partial charge in [0.25, 0.3) is 5.91 Å². The maximum absolute atomic E-state index is 14.0. The van der Waals surface area contributed by atoms with Crippen LogP contribution in [0.5, 0.6) is 11.5 Å². The van der Waals surface area contributed by atoms with Crippen molar-refractivity contribution in [3.8, 4) is 11.5 Å². The van der Waals surface area contributed by atoms with Gasteiger partial charge in [-0.05, 0) is 37.5 Å². The average Bonchev–Trinajstić information content (AvgIpc) is 3.21. The molecular formula is C24H24F3NO5. The van der Waals surface area contributed by atoms with Gasteiger partial charge >= 0.3 is 5.97 Å². The van der Waals surface area contributed by atoms with Gasteiger partial charge in [-0.1, -0.05) is 12.2 Å². The predicted molar refractivity (Wildman–Crippen MR) is 114 cm³/mol. The summed E-state index contributed by atoms with van der Waals surface area (Å²) < 4.78 is 57.1. The fraction of sp³-hybridized carbons (Fsp3) is 0.333. The topological polar surface area (TPSA) is 73.9 Å². The highest BCUT2D eigenvalue weighted by atomic mass is 19.1. The number of ether oxygens (including phenoxy) is 3. The highest BCUT2D eigenvalue weighted by Gasteiger charge is 2.36. The van der Waals surface area contributed by atoms with Crippen LogP contribution >= 0.6 is 0 Å². The molecule has 0 fully saturated rings. The molecule has 2 aromatic carbocycles. The molecule has 1 amide bonds. The minimum absolute atomic E-state index is 0.168. The van der Waals surface area contributed by atoms with Gasteiger partial charge in [0.2, 0.25) is 0 Å². The van der Waals surface area contributed by atoms with Crippen LogP contribution in [0.1, 0.15) is 35.2 Å². The predicted octanol–water partition coefficient (Wildman–Crippen LogP) is 4.14. The second kappa shape index (κ2) is 10.4. The lowest BCUT2D eigenvalue weighted by molar-refractivity contribution is -0.146. The summed E-state index contributed by atoms with van der Waals surface area (Å²) in [5.74, 6) is -5.41. The molecule has 0 radical (unpaired) electrons. The molecule has 176 valence electrons. The molecule has 3 rings (SSSR count). The van der Waals surface area contributed by atoms with Crippen LogP contribution in [0.2, 0.25) is 0 Å². The van der Waals surface area contributed by atoms with Crippen LogP contribution in [0, 0.1) is 23.4 Å². The van der Waals surface area contributed by atoms with Crippen molar-refractivity contribution in [1.29, 1.82) is 0 Å². The number of nitrogens with one attached hydrogen (secondary N) is 1. The van der Waals surface area contributed by atoms with Crippen molar-refractivity contribution in [1.82, 2.24) is 5.32 Å². The number of methoxy groups -OCH3 is 2. The first-order chi connectivity index (χ1) is 15.8. The molecule has 9 heteroatoms. The number of hydrogen-bond donors (Lipinski definition) is 1. The fourth-order valence-electron chi connectivity index (χ4n) is 3.93. The summed E-state index contributed by atoms with van der Waals surface area (Å²) in [6.07, 6.45) is 3.64. The van der Waals surface area contributed by atoms with E-state index < -0.39 is 52.8 Å². The van der Waals surface area contributed by atoms with Gasteiger partial charge < -0.3 is 19.5 Å². The maximum Gasteiger partial charge on any atom is 0.314 e. The van der Waals surface area contributed by atoms with E-state index in [0.717, 1.165) is 0 Å². The minimum atomic E-state index is -1.30. The molecule has 0 unspecified atom stereocenters. The van der Waals surface area contributed by atoms with Crippen LogP contribution in [-0.2, 0) is 9.53 Å². The van der Waals surface area contributed by atoms with E-state index in [4.69, 9.17) is 14.2 Å². The van der Waals surface area contributed by atoms with E-state index >= 15 is 0 Å². The van der Waals surface area contributed by atoms with Crippen molar-refractivity contribution in [3.63, 3.8) is 0 Å². The van der Waals surface area contributed by atoms with Crippen molar-refractivity contribution in [2.45, 2.75) is 25.3 Å². The zero-order valence-corrected chi connectivity index (χ0v) is 18.4. The van der Waals surface area contributed by atoms with E-state index in [-0.39, 0.29) is 13.0 Å². The lowest BCUT2D eigenvalue weighted by Crippen LogP contribution is -2.35. The standard InChI is InChI=1S/C24H24F3NO5/c1-4-33-24(30)21(17-12-16(31-2)7-8-20(17)32-3)13-5-6-15(9-13)28-23(29)22-18(26)10-14(25)11-19(22)27/h5-8,10-13,15,21H,4,9H2,1-3H3,(H,28,29)/t13-,15-,21+/m1/s1. The first-order valence-corrected chi connectivity index (χ1v) is 10.3. The van der Waals surface area contributed by atoms with Crippen LogP contribution < -0.4 is 14.8 Å². The lowest BCUT2D eigenvalue weighted by atomic mass is 9.84. The molecule has 0 heterocycles. The molecule has 0 aliphatic heterocycles. The number of benzene rings is 2. The zero-order valence-electron chi connectivity index (χ0n) is 18.4. The highest BCUT2D eigenvalue weighted by Crippen LogP contribution is 2.40. The van der Waals surface area contributed by atoms with E-state index in [1.54, 1.807) is 37.3 Å². The largest absolute Gasteiger partial charge is 0.497 e. The van der Waals surface area contributed by atoms with Gasteiger partial charge in [0.05, 0.1) is 26.7 Å². The van der Waals surface area contributed by atoms with Crippen molar-refractivity contribution in [2.24, 2.45) is 5.92 Å². The molecule has 2 aromatic rings. The van der Waals surface area contributed by atoms with E-state index in [9.17, 15) is 22.8 Å². The smallest absolute Gasteiger partial charge is 0.314 e. The van der Waals surface area contributed by atoms with Gasteiger partial charge in [0, 0.05) is 23.7 Å². The van der Waals surface area contributed by atoms with Crippen molar-refractivity contribution < 1.29 is 37.0 Å². The summed E-state index contributed by atoms with van der Waals surface area (Å²) in [4.78, 5) is 25.3. The van der Waals surface area contributed by atoms with Crippen LogP contribution in [-0.4, -0.2) is 38.7 Å². The second-order valence-electron chi connectivity index (χ2n) is 7.45. The summed E-state index contributed by atoms with van der Waals surface area (Å²) in [5, 5.41) is 2.52. The Bertz CT molecular complexity index is 1050. The van der Waals surface area contributed by atoms with Crippen molar-refractivity contribution >= 4 is 11.9 Å². The third kappa shape index (κ3) is 5.30. The second-order valence-corrected chi connectivity index (χ2v) is 7.45. The molecule has 0 bridgehead atoms. The summed E-state index contributed by atoms with van der Waals surface area (Å²) in [7, 11) is 2.98. The number of allylic oxidation sites excluding steroid dienone is 1. The Labute approximate surface area is 189 Å². The van der Waals surface area contributed by atoms with Crippen LogP contribution in [0.3, 0.4) is 0 Å². The first-order valence-electron chi connectivity index (χ1n) is 10.3. The van der Waals surface area contributed by atoms with Crippen molar-refractivity contribution in [2.75, 3.05) is 20.8 Å². The number of carbonyl (C=O) groups is 2. The number of rotatable bonds is 8. The number of hydrogen-bond acceptors (Lipinski definition) is 5. The molecule has 3 atom stereocenters. The van der Waals surface area contributed by atoms with Gasteiger partial charge in [-0.2, -0.15) is 0 Å². The molecule has 0 spiro atoms. The summed E-state index contributed by atoms with van der Waals surface area (Å²) in [6, 6.07) is 5.33. The summed E-state index contributed by atoms with van der Waals surface area (Å²) in [5.41, 5.74) is -0.322. The molecule has 0 saturated heterocycles. The minimum Gasteiger partial charge on any atom is -0.497 e. The lowest BCUT2D eigenvalue weighted by Gasteiger charge is -2.24. The molecule has 6 nitrogen and oxygen atoms in total. The SMILES string of the molecule is CCOC(=O)[C@H](c1cc(OC)ccc1OC)[C@@H]1C=C[C@@H](NC(=O)c2c(F)cc(F)cc2F)C1. The van der Waals surface area contributed by atoms with E-state index in [1.165, 1.54) is 14.2 Å². The normalized spacial score (nSPS) is 18.0. The molecule has 0 aromatic heterocycles. The van der Waals surface area contributed by atoms with Crippen LogP contribution in [0.4, 0.5) is 13.2 Å². The first kappa shape index (κ1) is 24.2. The van der Waals surface area contributed by atoms with Gasteiger partial charge in [-0.3, -0.25) is 9.59 Å². The third-order valence-corrected chi connectivity index (χ3v) is 5.41. The Kier molecular flexibility index (Phi) is 7.63. The Morgan fingerprint density at radius 1 is 1.06 bits per heavy atom. The number of halogens is 3. The van der Waals surface area contributed by atoms with Gasteiger partial charge in [-0.25, -0.2) is 13.2 Å². The van der Waals surface area contributed by atoms with Crippen LogP contribution in [0.25, 0.3) is 0 Å². The Morgan fingerprint density at radius 2 is 1.76 bits per heavy atom. The molecule has 33 heavy (non-hydrogen) atoms. The van der Waals surface area contributed by atoms with Gasteiger partial charge in [0.1, 0.15) is 34.5 Å². The van der Waals surface area contributed by atoms with Gasteiger partial charge in [-0.15, -0.1) is 0 Å². The number of esters is 1. The fourth-order valence-corrected chi connectivity index (χ4v) is 3.93. The molecule has 0 saturated carbocycles. The van der Waals surface area contributed by atoms with E-state index in [0.29, 0.717) is 29.2 Å². The molecule has 1 N–H and O–H groups in total. The quantitative estimate of drug-likeness (QED) is 0.471. The van der Waals surface area contributed by atoms with Crippen molar-refractivity contribution in [3.05, 3.63) is 71.1 Å². The van der Waals surface area contributed by atoms with E-state index in [2.05, 4.69) is 5.32 Å². The molecular weight excluding hydrogens is 439 g/mol. The molecule has 1 aliphatic rings. The number of amides is 1. The number of carbonyl (C=O) groups excluding carboxylic acids is 2. The summed E-state index contributed by atoms with van der Waals surface area (Å²) >= 11 is 0. The zero-order chi connectivity index (χ0) is 24.1. The maximum atomic E-state index is 14.0. The van der Waals surface area contributed by atoms with E-state index in [1.807, 2.05) is 0 Å². The third-order valence-electron chi connectivity index (χ3n) is 5.41. The van der Waals surface area contributed by atoms with Crippen LogP contribution in [0.15, 0.2) is 42.5 Å². The summed E-state index contributed by atoms with van der Waals surface area (Å²) in [6.45, 7) is 1.86. The Hall–Kier alpha value is -3.49. The Morgan fingerprint density at radius 3 is 2.36 bits per heavy atom. The van der Waals surface area contributed by atoms with Gasteiger partial charge in [0.15, 0.2) is 0 Å². The average molecular weight is 463 g/mol. The highest BCUT2D eigenvalue weighted by molar-refractivity contribution is 5.95. The monoisotopic (exact) mass is 463 g/mol.